The van der Waals surface area contributed by atoms with E-state index in [2.05, 4.69) is 20.5 Å². The number of para-hydroxylation sites is 1. The number of hydrogen-bond acceptors (Lipinski definition) is 7. The normalized spacial score (nSPS) is 10.9. The van der Waals surface area contributed by atoms with Crippen molar-refractivity contribution in [2.24, 2.45) is 0 Å². The number of nitrogens with zero attached hydrogens (tertiary/aromatic N) is 3. The van der Waals surface area contributed by atoms with Crippen molar-refractivity contribution in [2.45, 2.75) is 0 Å². The molecule has 108 valence electrons. The van der Waals surface area contributed by atoms with Gasteiger partial charge in [0, 0.05) is 0 Å². The van der Waals surface area contributed by atoms with Crippen molar-refractivity contribution in [3.63, 3.8) is 0 Å². The maximum absolute atomic E-state index is 12.2. The second-order valence-corrected chi connectivity index (χ2v) is 6.31. The van der Waals surface area contributed by atoms with Gasteiger partial charge in [-0.3, -0.25) is 10.1 Å². The summed E-state index contributed by atoms with van der Waals surface area (Å²) in [5.74, 6) is 0.0252. The molecule has 0 radical (unpaired) electrons. The Hall–Kier alpha value is -2.58. The number of aromatic nitrogens is 3. The van der Waals surface area contributed by atoms with E-state index in [1.165, 1.54) is 22.7 Å². The molecule has 0 aliphatic rings. The van der Waals surface area contributed by atoms with Crippen molar-refractivity contribution in [3.05, 3.63) is 46.8 Å². The van der Waals surface area contributed by atoms with Gasteiger partial charge in [-0.1, -0.05) is 23.3 Å². The quantitative estimate of drug-likeness (QED) is 0.621. The molecule has 4 aromatic rings. The average Bonchev–Trinajstić information content (AvgIpc) is 3.26. The zero-order valence-electron chi connectivity index (χ0n) is 11.0. The van der Waals surface area contributed by atoms with Crippen LogP contribution in [0.15, 0.2) is 46.2 Å². The zero-order valence-corrected chi connectivity index (χ0v) is 12.6. The maximum atomic E-state index is 12.2. The van der Waals surface area contributed by atoms with Gasteiger partial charge in [0.1, 0.15) is 0 Å². The molecule has 1 aromatic carbocycles. The summed E-state index contributed by atoms with van der Waals surface area (Å²) in [7, 11) is 0. The van der Waals surface area contributed by atoms with Crippen molar-refractivity contribution in [2.75, 3.05) is 5.32 Å². The van der Waals surface area contributed by atoms with Crippen LogP contribution in [-0.2, 0) is 0 Å². The summed E-state index contributed by atoms with van der Waals surface area (Å²) in [6.45, 7) is 0. The third-order valence-electron chi connectivity index (χ3n) is 2.87. The van der Waals surface area contributed by atoms with Gasteiger partial charge in [0.05, 0.1) is 15.1 Å². The molecule has 22 heavy (non-hydrogen) atoms. The number of carbonyl (C=O) groups excluding carboxylic acids is 1. The number of thiophene rings is 1. The van der Waals surface area contributed by atoms with Crippen molar-refractivity contribution in [3.8, 4) is 10.8 Å². The second-order valence-electron chi connectivity index (χ2n) is 4.33. The number of rotatable bonds is 3. The predicted molar refractivity (Wildman–Crippen MR) is 85.2 cm³/mol. The molecule has 0 atom stereocenters. The summed E-state index contributed by atoms with van der Waals surface area (Å²) in [4.78, 5) is 17.3. The number of anilines is 1. The largest absolute Gasteiger partial charge is 0.402 e. The Morgan fingerprint density at radius 2 is 2.05 bits per heavy atom. The highest BCUT2D eigenvalue weighted by Gasteiger charge is 2.16. The summed E-state index contributed by atoms with van der Waals surface area (Å²) >= 11 is 2.81. The number of amides is 1. The molecule has 0 saturated heterocycles. The van der Waals surface area contributed by atoms with Gasteiger partial charge >= 0.3 is 6.01 Å². The van der Waals surface area contributed by atoms with E-state index in [9.17, 15) is 4.79 Å². The Bertz CT molecular complexity index is 910. The van der Waals surface area contributed by atoms with Crippen LogP contribution in [0.2, 0.25) is 0 Å². The first-order valence-corrected chi connectivity index (χ1v) is 8.03. The average molecular weight is 328 g/mol. The highest BCUT2D eigenvalue weighted by Crippen LogP contribution is 2.25. The third-order valence-corrected chi connectivity index (χ3v) is 4.76. The molecule has 3 heterocycles. The summed E-state index contributed by atoms with van der Waals surface area (Å²) in [5.41, 5.74) is 0.794. The minimum atomic E-state index is -0.359. The van der Waals surface area contributed by atoms with E-state index in [1.54, 1.807) is 0 Å². The first kappa shape index (κ1) is 13.1. The van der Waals surface area contributed by atoms with E-state index >= 15 is 0 Å². The zero-order chi connectivity index (χ0) is 14.9. The maximum Gasteiger partial charge on any atom is 0.322 e. The summed E-state index contributed by atoms with van der Waals surface area (Å²) in [6, 6.07) is 11.4. The molecular weight excluding hydrogens is 320 g/mol. The Kier molecular flexibility index (Phi) is 3.17. The van der Waals surface area contributed by atoms with Gasteiger partial charge < -0.3 is 4.42 Å². The highest BCUT2D eigenvalue weighted by atomic mass is 32.1. The number of thiazole rings is 1. The highest BCUT2D eigenvalue weighted by molar-refractivity contribution is 7.20. The predicted octanol–water partition coefficient (Wildman–Crippen LogP) is 3.66. The van der Waals surface area contributed by atoms with E-state index in [4.69, 9.17) is 4.42 Å². The Morgan fingerprint density at radius 1 is 1.14 bits per heavy atom. The first-order chi connectivity index (χ1) is 10.8. The summed E-state index contributed by atoms with van der Waals surface area (Å²) in [5, 5.41) is 12.6. The molecule has 0 bridgehead atoms. The fourth-order valence-corrected chi connectivity index (χ4v) is 3.40. The number of hydrogen-bond donors (Lipinski definition) is 1. The molecule has 1 amide bonds. The minimum absolute atomic E-state index is 0.0626. The van der Waals surface area contributed by atoms with Crippen molar-refractivity contribution in [1.29, 1.82) is 0 Å². The first-order valence-electron chi connectivity index (χ1n) is 6.34. The van der Waals surface area contributed by atoms with Crippen LogP contribution < -0.4 is 5.32 Å². The van der Waals surface area contributed by atoms with Crippen molar-refractivity contribution < 1.29 is 9.21 Å². The van der Waals surface area contributed by atoms with Crippen LogP contribution in [0.25, 0.3) is 21.0 Å². The van der Waals surface area contributed by atoms with E-state index in [1.807, 2.05) is 41.8 Å². The van der Waals surface area contributed by atoms with Crippen molar-refractivity contribution in [1.82, 2.24) is 15.2 Å². The molecule has 4 rings (SSSR count). The van der Waals surface area contributed by atoms with Gasteiger partial charge in [0.2, 0.25) is 0 Å². The van der Waals surface area contributed by atoms with Crippen LogP contribution in [0.3, 0.4) is 0 Å². The van der Waals surface area contributed by atoms with Gasteiger partial charge in [-0.15, -0.1) is 27.8 Å². The Morgan fingerprint density at radius 3 is 2.86 bits per heavy atom. The Labute approximate surface area is 132 Å². The van der Waals surface area contributed by atoms with E-state index in [0.717, 1.165) is 15.1 Å². The number of carbonyl (C=O) groups is 1. The van der Waals surface area contributed by atoms with Crippen LogP contribution >= 0.6 is 22.7 Å². The van der Waals surface area contributed by atoms with Crippen molar-refractivity contribution >= 4 is 44.8 Å². The van der Waals surface area contributed by atoms with Gasteiger partial charge in [0.25, 0.3) is 11.8 Å². The standard InChI is InChI=1S/C14H8N4O2S2/c19-11(13-15-8-4-1-2-5-9(8)22-13)16-14-18-17-12(20-14)10-6-3-7-21-10/h1-7H,(H,16,18,19). The molecule has 0 saturated carbocycles. The topological polar surface area (TPSA) is 80.9 Å². The van der Waals surface area contributed by atoms with Crippen LogP contribution in [0.1, 0.15) is 9.80 Å². The van der Waals surface area contributed by atoms with Gasteiger partial charge in [-0.25, -0.2) is 4.98 Å². The van der Waals surface area contributed by atoms with Crippen LogP contribution in [-0.4, -0.2) is 21.1 Å². The fourth-order valence-electron chi connectivity index (χ4n) is 1.89. The van der Waals surface area contributed by atoms with Gasteiger partial charge in [-0.05, 0) is 23.6 Å². The minimum Gasteiger partial charge on any atom is -0.402 e. The third kappa shape index (κ3) is 2.38. The molecule has 0 fully saturated rings. The van der Waals surface area contributed by atoms with Crippen LogP contribution in [0.4, 0.5) is 6.01 Å². The summed E-state index contributed by atoms with van der Waals surface area (Å²) in [6.07, 6.45) is 0. The molecule has 1 N–H and O–H groups in total. The molecule has 6 nitrogen and oxygen atoms in total. The molecule has 8 heteroatoms. The molecule has 0 aliphatic carbocycles. The van der Waals surface area contributed by atoms with E-state index in [0.29, 0.717) is 10.9 Å². The summed E-state index contributed by atoms with van der Waals surface area (Å²) < 4.78 is 6.38. The fraction of sp³-hybridized carbons (Fsp3) is 0. The lowest BCUT2D eigenvalue weighted by molar-refractivity contribution is 0.102. The number of fused-ring (bicyclic) bond motifs is 1. The van der Waals surface area contributed by atoms with E-state index in [-0.39, 0.29) is 11.9 Å². The lowest BCUT2D eigenvalue weighted by Crippen LogP contribution is -2.11. The smallest absolute Gasteiger partial charge is 0.322 e. The molecule has 0 unspecified atom stereocenters. The van der Waals surface area contributed by atoms with Gasteiger partial charge in [-0.2, -0.15) is 0 Å². The molecule has 0 aliphatic heterocycles. The molecule has 3 aromatic heterocycles. The molecular formula is C14H8N4O2S2. The Balaban J connectivity index is 1.56. The number of benzene rings is 1. The van der Waals surface area contributed by atoms with Gasteiger partial charge in [0.15, 0.2) is 5.01 Å². The van der Waals surface area contributed by atoms with Crippen LogP contribution in [0.5, 0.6) is 0 Å². The second kappa shape index (κ2) is 5.32. The molecule has 0 spiro atoms. The SMILES string of the molecule is O=C(Nc1nnc(-c2cccs2)o1)c1nc2ccccc2s1. The lowest BCUT2D eigenvalue weighted by Gasteiger charge is -1.94. The van der Waals surface area contributed by atoms with Crippen LogP contribution in [0, 0.1) is 0 Å². The van der Waals surface area contributed by atoms with E-state index < -0.39 is 0 Å². The lowest BCUT2D eigenvalue weighted by atomic mass is 10.3. The number of nitrogens with one attached hydrogen (secondary N) is 1. The monoisotopic (exact) mass is 328 g/mol.